The summed E-state index contributed by atoms with van der Waals surface area (Å²) in [4.78, 5) is 14.4. The fourth-order valence-electron chi connectivity index (χ4n) is 3.50. The summed E-state index contributed by atoms with van der Waals surface area (Å²) in [5.41, 5.74) is 2.86. The van der Waals surface area contributed by atoms with E-state index in [1.807, 2.05) is 11.8 Å². The molecule has 1 heterocycles. The Hall–Kier alpha value is -0.870. The number of aryl methyl sites for hydroxylation is 1. The Morgan fingerprint density at radius 3 is 2.86 bits per heavy atom. The van der Waals surface area contributed by atoms with E-state index in [-0.39, 0.29) is 11.9 Å². The molecule has 4 heteroatoms. The minimum atomic E-state index is -0.0647. The maximum atomic E-state index is 12.4. The van der Waals surface area contributed by atoms with Gasteiger partial charge in [-0.25, -0.2) is 0 Å². The van der Waals surface area contributed by atoms with E-state index in [0.717, 1.165) is 49.7 Å². The number of rotatable bonds is 3. The third-order valence-corrected chi connectivity index (χ3v) is 5.16. The number of likely N-dealkylation sites (tertiary alicyclic amines) is 1. The van der Waals surface area contributed by atoms with Gasteiger partial charge < -0.3 is 10.2 Å². The number of hydrogen-bond acceptors (Lipinski definition) is 2. The van der Waals surface area contributed by atoms with Gasteiger partial charge in [0, 0.05) is 23.6 Å². The molecule has 1 saturated heterocycles. The molecular weight excluding hydrogens is 328 g/mol. The van der Waals surface area contributed by atoms with Gasteiger partial charge in [-0.05, 0) is 62.3 Å². The first-order valence-corrected chi connectivity index (χ1v) is 8.75. The highest BCUT2D eigenvalue weighted by Gasteiger charge is 2.26. The Labute approximate surface area is 135 Å². The molecule has 114 valence electrons. The van der Waals surface area contributed by atoms with E-state index in [9.17, 15) is 4.79 Å². The maximum Gasteiger partial charge on any atom is 0.239 e. The van der Waals surface area contributed by atoms with Crippen molar-refractivity contribution in [1.29, 1.82) is 0 Å². The molecule has 0 radical (unpaired) electrons. The van der Waals surface area contributed by atoms with Crippen LogP contribution in [-0.4, -0.2) is 36.0 Å². The average Bonchev–Trinajstić information content (AvgIpc) is 3.00. The molecule has 2 aliphatic rings. The van der Waals surface area contributed by atoms with Crippen molar-refractivity contribution in [2.24, 2.45) is 0 Å². The quantitative estimate of drug-likeness (QED) is 0.908. The van der Waals surface area contributed by atoms with Gasteiger partial charge in [-0.3, -0.25) is 4.79 Å². The minimum Gasteiger partial charge on any atom is -0.341 e. The number of carbonyl (C=O) groups is 1. The van der Waals surface area contributed by atoms with E-state index in [4.69, 9.17) is 0 Å². The number of halogens is 1. The summed E-state index contributed by atoms with van der Waals surface area (Å²) in [6.45, 7) is 3.89. The van der Waals surface area contributed by atoms with Crippen LogP contribution >= 0.6 is 15.9 Å². The van der Waals surface area contributed by atoms with Gasteiger partial charge in [0.2, 0.25) is 5.91 Å². The molecule has 1 aromatic carbocycles. The number of benzene rings is 1. The number of amides is 1. The standard InChI is InChI=1S/C17H23BrN2O/c1-12(17(21)20-8-2-3-9-20)19-16-7-5-13-10-15(18)6-4-14(13)11-16/h4,6,10,12,16,19H,2-3,5,7-9,11H2,1H3. The van der Waals surface area contributed by atoms with E-state index in [1.165, 1.54) is 11.1 Å². The van der Waals surface area contributed by atoms with Crippen molar-refractivity contribution in [2.45, 2.75) is 51.1 Å². The molecule has 1 aliphatic carbocycles. The Balaban J connectivity index is 1.59. The number of nitrogens with zero attached hydrogens (tertiary/aromatic N) is 1. The van der Waals surface area contributed by atoms with Gasteiger partial charge >= 0.3 is 0 Å². The molecule has 21 heavy (non-hydrogen) atoms. The highest BCUT2D eigenvalue weighted by atomic mass is 79.9. The molecule has 1 aromatic rings. The predicted octanol–water partition coefficient (Wildman–Crippen LogP) is 2.91. The molecule has 3 rings (SSSR count). The van der Waals surface area contributed by atoms with Crippen LogP contribution in [0.2, 0.25) is 0 Å². The summed E-state index contributed by atoms with van der Waals surface area (Å²) in [5.74, 6) is 0.272. The minimum absolute atomic E-state index is 0.0647. The normalized spacial score (nSPS) is 23.0. The summed E-state index contributed by atoms with van der Waals surface area (Å²) in [5, 5.41) is 3.55. The molecule has 3 nitrogen and oxygen atoms in total. The van der Waals surface area contributed by atoms with Gasteiger partial charge in [0.1, 0.15) is 0 Å². The second-order valence-electron chi connectivity index (χ2n) is 6.27. The lowest BCUT2D eigenvalue weighted by molar-refractivity contribution is -0.132. The largest absolute Gasteiger partial charge is 0.341 e. The van der Waals surface area contributed by atoms with Gasteiger partial charge in [0.15, 0.2) is 0 Å². The molecule has 2 unspecified atom stereocenters. The summed E-state index contributed by atoms with van der Waals surface area (Å²) in [7, 11) is 0. The first kappa shape index (κ1) is 15.0. The van der Waals surface area contributed by atoms with Crippen molar-refractivity contribution < 1.29 is 4.79 Å². The second-order valence-corrected chi connectivity index (χ2v) is 7.19. The molecular formula is C17H23BrN2O. The number of fused-ring (bicyclic) bond motifs is 1. The van der Waals surface area contributed by atoms with Crippen LogP contribution in [0.25, 0.3) is 0 Å². The third kappa shape index (κ3) is 3.49. The lowest BCUT2D eigenvalue weighted by Crippen LogP contribution is -2.49. The predicted molar refractivity (Wildman–Crippen MR) is 88.4 cm³/mol. The first-order valence-electron chi connectivity index (χ1n) is 7.95. The molecule has 0 aromatic heterocycles. The van der Waals surface area contributed by atoms with E-state index < -0.39 is 0 Å². The van der Waals surface area contributed by atoms with Gasteiger partial charge in [-0.1, -0.05) is 22.0 Å². The molecule has 1 amide bonds. The SMILES string of the molecule is CC(NC1CCc2cc(Br)ccc2C1)C(=O)N1CCCC1. The first-order chi connectivity index (χ1) is 10.1. The van der Waals surface area contributed by atoms with Crippen molar-refractivity contribution in [3.8, 4) is 0 Å². The van der Waals surface area contributed by atoms with Crippen LogP contribution in [0.5, 0.6) is 0 Å². The monoisotopic (exact) mass is 350 g/mol. The molecule has 0 bridgehead atoms. The Bertz CT molecular complexity index is 526. The summed E-state index contributed by atoms with van der Waals surface area (Å²) in [6, 6.07) is 6.90. The Morgan fingerprint density at radius 1 is 1.33 bits per heavy atom. The van der Waals surface area contributed by atoms with Crippen LogP contribution in [0, 0.1) is 0 Å². The van der Waals surface area contributed by atoms with Gasteiger partial charge in [0.05, 0.1) is 6.04 Å². The zero-order valence-corrected chi connectivity index (χ0v) is 14.2. The molecule has 1 aliphatic heterocycles. The van der Waals surface area contributed by atoms with Crippen LogP contribution in [0.3, 0.4) is 0 Å². The lowest BCUT2D eigenvalue weighted by atomic mass is 9.88. The van der Waals surface area contributed by atoms with Crippen LogP contribution < -0.4 is 5.32 Å². The number of carbonyl (C=O) groups excluding carboxylic acids is 1. The number of nitrogens with one attached hydrogen (secondary N) is 1. The van der Waals surface area contributed by atoms with Gasteiger partial charge in [-0.15, -0.1) is 0 Å². The Kier molecular flexibility index (Phi) is 4.65. The molecule has 1 N–H and O–H groups in total. The molecule has 2 atom stereocenters. The second kappa shape index (κ2) is 6.49. The van der Waals surface area contributed by atoms with Crippen molar-refractivity contribution in [1.82, 2.24) is 10.2 Å². The van der Waals surface area contributed by atoms with Crippen LogP contribution in [0.15, 0.2) is 22.7 Å². The van der Waals surface area contributed by atoms with E-state index in [0.29, 0.717) is 6.04 Å². The fourth-order valence-corrected chi connectivity index (χ4v) is 3.91. The zero-order valence-electron chi connectivity index (χ0n) is 12.6. The maximum absolute atomic E-state index is 12.4. The average molecular weight is 351 g/mol. The molecule has 1 fully saturated rings. The van der Waals surface area contributed by atoms with Crippen molar-refractivity contribution >= 4 is 21.8 Å². The molecule has 0 spiro atoms. The van der Waals surface area contributed by atoms with E-state index >= 15 is 0 Å². The van der Waals surface area contributed by atoms with Crippen LogP contribution in [0.4, 0.5) is 0 Å². The highest BCUT2D eigenvalue weighted by Crippen LogP contribution is 2.25. The van der Waals surface area contributed by atoms with Gasteiger partial charge in [0.25, 0.3) is 0 Å². The van der Waals surface area contributed by atoms with Crippen LogP contribution in [0.1, 0.15) is 37.3 Å². The topological polar surface area (TPSA) is 32.3 Å². The van der Waals surface area contributed by atoms with Gasteiger partial charge in [-0.2, -0.15) is 0 Å². The van der Waals surface area contributed by atoms with E-state index in [2.05, 4.69) is 39.4 Å². The summed E-state index contributed by atoms with van der Waals surface area (Å²) in [6.07, 6.45) is 5.55. The number of hydrogen-bond donors (Lipinski definition) is 1. The summed E-state index contributed by atoms with van der Waals surface area (Å²) < 4.78 is 1.16. The zero-order chi connectivity index (χ0) is 14.8. The smallest absolute Gasteiger partial charge is 0.239 e. The van der Waals surface area contributed by atoms with Crippen molar-refractivity contribution in [3.05, 3.63) is 33.8 Å². The van der Waals surface area contributed by atoms with Crippen LogP contribution in [-0.2, 0) is 17.6 Å². The third-order valence-electron chi connectivity index (χ3n) is 4.67. The van der Waals surface area contributed by atoms with E-state index in [1.54, 1.807) is 0 Å². The van der Waals surface area contributed by atoms with Crippen molar-refractivity contribution in [3.63, 3.8) is 0 Å². The highest BCUT2D eigenvalue weighted by molar-refractivity contribution is 9.10. The Morgan fingerprint density at radius 2 is 2.10 bits per heavy atom. The van der Waals surface area contributed by atoms with Crippen molar-refractivity contribution in [2.75, 3.05) is 13.1 Å². The lowest BCUT2D eigenvalue weighted by Gasteiger charge is -2.29. The molecule has 0 saturated carbocycles. The summed E-state index contributed by atoms with van der Waals surface area (Å²) >= 11 is 3.54. The fraction of sp³-hybridized carbons (Fsp3) is 0.588.